The number of nitrogens with one attached hydrogen (secondary N) is 1. The lowest BCUT2D eigenvalue weighted by molar-refractivity contribution is -0.116. The molecule has 1 aromatic carbocycles. The van der Waals surface area contributed by atoms with E-state index in [1.54, 1.807) is 30.5 Å². The summed E-state index contributed by atoms with van der Waals surface area (Å²) in [6.07, 6.45) is 5.65. The van der Waals surface area contributed by atoms with Gasteiger partial charge in [0.15, 0.2) is 5.78 Å². The Kier molecular flexibility index (Phi) is 7.00. The molecule has 0 saturated carbocycles. The fraction of sp³-hybridized carbons (Fsp3) is 0.409. The van der Waals surface area contributed by atoms with Gasteiger partial charge < -0.3 is 15.0 Å². The van der Waals surface area contributed by atoms with E-state index in [0.29, 0.717) is 17.9 Å². The van der Waals surface area contributed by atoms with E-state index >= 15 is 0 Å². The number of ketones is 1. The predicted molar refractivity (Wildman–Crippen MR) is 110 cm³/mol. The third kappa shape index (κ3) is 5.55. The number of rotatable bonds is 8. The molecule has 0 spiro atoms. The number of pyridine rings is 1. The summed E-state index contributed by atoms with van der Waals surface area (Å²) in [5.74, 6) is 1.43. The molecule has 1 amide bonds. The van der Waals surface area contributed by atoms with Crippen LogP contribution in [0.25, 0.3) is 0 Å². The van der Waals surface area contributed by atoms with Crippen molar-refractivity contribution in [2.24, 2.45) is 0 Å². The van der Waals surface area contributed by atoms with Crippen LogP contribution in [0.5, 0.6) is 5.75 Å². The summed E-state index contributed by atoms with van der Waals surface area (Å²) in [5, 5.41) is 2.81. The number of carbonyl (C=O) groups excluding carboxylic acids is 2. The summed E-state index contributed by atoms with van der Waals surface area (Å²) in [6, 6.07) is 10.8. The van der Waals surface area contributed by atoms with Crippen molar-refractivity contribution in [3.05, 3.63) is 48.2 Å². The van der Waals surface area contributed by atoms with Gasteiger partial charge in [0.05, 0.1) is 18.5 Å². The molecule has 3 rings (SSSR count). The summed E-state index contributed by atoms with van der Waals surface area (Å²) in [4.78, 5) is 31.1. The van der Waals surface area contributed by atoms with Gasteiger partial charge in [0.1, 0.15) is 11.6 Å². The highest BCUT2D eigenvalue weighted by atomic mass is 16.5. The molecule has 0 atom stereocenters. The third-order valence-electron chi connectivity index (χ3n) is 4.78. The van der Waals surface area contributed by atoms with Crippen LogP contribution in [0.3, 0.4) is 0 Å². The van der Waals surface area contributed by atoms with E-state index in [-0.39, 0.29) is 24.5 Å². The molecule has 28 heavy (non-hydrogen) atoms. The zero-order valence-electron chi connectivity index (χ0n) is 16.3. The minimum atomic E-state index is -0.188. The number of Topliss-reactive ketones (excluding diaryl/α,β-unsaturated/α-hetero) is 1. The van der Waals surface area contributed by atoms with Crippen LogP contribution in [-0.2, 0) is 4.79 Å². The van der Waals surface area contributed by atoms with Crippen LogP contribution in [0.15, 0.2) is 42.6 Å². The molecule has 1 aromatic heterocycles. The van der Waals surface area contributed by atoms with Gasteiger partial charge in [0, 0.05) is 31.5 Å². The number of amides is 1. The summed E-state index contributed by atoms with van der Waals surface area (Å²) in [7, 11) is 0. The van der Waals surface area contributed by atoms with E-state index in [2.05, 4.69) is 15.2 Å². The lowest BCUT2D eigenvalue weighted by Gasteiger charge is -2.27. The molecule has 148 valence electrons. The maximum Gasteiger partial charge on any atom is 0.224 e. The molecule has 2 heterocycles. The van der Waals surface area contributed by atoms with E-state index in [9.17, 15) is 9.59 Å². The maximum absolute atomic E-state index is 12.3. The molecule has 6 heteroatoms. The van der Waals surface area contributed by atoms with Gasteiger partial charge in [-0.15, -0.1) is 0 Å². The number of hydrogen-bond acceptors (Lipinski definition) is 5. The highest BCUT2D eigenvalue weighted by Gasteiger charge is 2.13. The van der Waals surface area contributed by atoms with Crippen LogP contribution in [0.1, 0.15) is 49.4 Å². The topological polar surface area (TPSA) is 71.5 Å². The fourth-order valence-electron chi connectivity index (χ4n) is 3.27. The highest BCUT2D eigenvalue weighted by molar-refractivity contribution is 6.00. The molecule has 0 aliphatic carbocycles. The van der Waals surface area contributed by atoms with Gasteiger partial charge in [-0.05, 0) is 62.6 Å². The quantitative estimate of drug-likeness (QED) is 0.698. The van der Waals surface area contributed by atoms with Crippen LogP contribution < -0.4 is 15.0 Å². The lowest BCUT2D eigenvalue weighted by atomic mass is 10.1. The minimum absolute atomic E-state index is 0.0585. The van der Waals surface area contributed by atoms with Gasteiger partial charge in [-0.3, -0.25) is 9.59 Å². The van der Waals surface area contributed by atoms with Crippen molar-refractivity contribution in [2.45, 2.75) is 39.0 Å². The van der Waals surface area contributed by atoms with Crippen molar-refractivity contribution in [3.8, 4) is 5.75 Å². The molecule has 1 saturated heterocycles. The van der Waals surface area contributed by atoms with E-state index in [4.69, 9.17) is 4.74 Å². The Bertz CT molecular complexity index is 782. The maximum atomic E-state index is 12.3. The van der Waals surface area contributed by atoms with Gasteiger partial charge in [0.25, 0.3) is 0 Å². The predicted octanol–water partition coefficient (Wildman–Crippen LogP) is 4.07. The fourth-order valence-corrected chi connectivity index (χ4v) is 3.27. The van der Waals surface area contributed by atoms with Crippen LogP contribution in [-0.4, -0.2) is 36.4 Å². The zero-order chi connectivity index (χ0) is 19.8. The zero-order valence-corrected chi connectivity index (χ0v) is 16.3. The van der Waals surface area contributed by atoms with E-state index < -0.39 is 0 Å². The number of nitrogens with zero attached hydrogens (tertiary/aromatic N) is 2. The Labute approximate surface area is 165 Å². The van der Waals surface area contributed by atoms with Gasteiger partial charge in [-0.25, -0.2) is 4.98 Å². The van der Waals surface area contributed by atoms with Crippen molar-refractivity contribution in [1.29, 1.82) is 0 Å². The Morgan fingerprint density at radius 1 is 1.04 bits per heavy atom. The first-order chi connectivity index (χ1) is 13.7. The first kappa shape index (κ1) is 19.9. The molecule has 1 N–H and O–H groups in total. The molecule has 1 fully saturated rings. The molecular formula is C22H27N3O3. The highest BCUT2D eigenvalue weighted by Crippen LogP contribution is 2.19. The van der Waals surface area contributed by atoms with Crippen molar-refractivity contribution >= 4 is 23.2 Å². The second-order valence-corrected chi connectivity index (χ2v) is 6.88. The van der Waals surface area contributed by atoms with E-state index in [1.165, 1.54) is 19.3 Å². The van der Waals surface area contributed by atoms with Crippen LogP contribution >= 0.6 is 0 Å². The summed E-state index contributed by atoms with van der Waals surface area (Å²) in [5.41, 5.74) is 1.24. The normalized spacial score (nSPS) is 13.8. The molecule has 2 aromatic rings. The van der Waals surface area contributed by atoms with Gasteiger partial charge in [0.2, 0.25) is 5.91 Å². The molecule has 1 aliphatic heterocycles. The lowest BCUT2D eigenvalue weighted by Crippen LogP contribution is -2.30. The molecule has 0 unspecified atom stereocenters. The van der Waals surface area contributed by atoms with Gasteiger partial charge in [-0.2, -0.15) is 0 Å². The molecule has 0 bridgehead atoms. The van der Waals surface area contributed by atoms with Gasteiger partial charge in [-0.1, -0.05) is 0 Å². The third-order valence-corrected chi connectivity index (χ3v) is 4.78. The standard InChI is InChI=1S/C22H27N3O3/c1-2-28-19-9-6-17(7-10-19)20(26)11-13-22(27)24-18-8-12-21(23-16-18)25-14-4-3-5-15-25/h6-10,12,16H,2-5,11,13-15H2,1H3,(H,24,27). The van der Waals surface area contributed by atoms with Crippen LogP contribution in [0.4, 0.5) is 11.5 Å². The second kappa shape index (κ2) is 9.88. The Balaban J connectivity index is 1.46. The molecule has 1 aliphatic rings. The first-order valence-electron chi connectivity index (χ1n) is 9.92. The van der Waals surface area contributed by atoms with Gasteiger partial charge >= 0.3 is 0 Å². The van der Waals surface area contributed by atoms with Crippen molar-refractivity contribution in [1.82, 2.24) is 4.98 Å². The number of carbonyl (C=O) groups is 2. The number of benzene rings is 1. The number of hydrogen-bond donors (Lipinski definition) is 1. The van der Waals surface area contributed by atoms with Crippen molar-refractivity contribution in [3.63, 3.8) is 0 Å². The Hall–Kier alpha value is -2.89. The smallest absolute Gasteiger partial charge is 0.224 e. The van der Waals surface area contributed by atoms with Crippen LogP contribution in [0, 0.1) is 0 Å². The monoisotopic (exact) mass is 381 g/mol. The summed E-state index contributed by atoms with van der Waals surface area (Å²) in [6.45, 7) is 4.56. The Morgan fingerprint density at radius 2 is 1.79 bits per heavy atom. The van der Waals surface area contributed by atoms with Crippen molar-refractivity contribution in [2.75, 3.05) is 29.9 Å². The number of ether oxygens (including phenoxy) is 1. The average Bonchev–Trinajstić information content (AvgIpc) is 2.74. The van der Waals surface area contributed by atoms with E-state index in [0.717, 1.165) is 24.7 Å². The SMILES string of the molecule is CCOc1ccc(C(=O)CCC(=O)Nc2ccc(N3CCCCC3)nc2)cc1. The molecule has 6 nitrogen and oxygen atoms in total. The minimum Gasteiger partial charge on any atom is -0.494 e. The summed E-state index contributed by atoms with van der Waals surface area (Å²) >= 11 is 0. The van der Waals surface area contributed by atoms with Crippen molar-refractivity contribution < 1.29 is 14.3 Å². The number of aromatic nitrogens is 1. The number of anilines is 2. The summed E-state index contributed by atoms with van der Waals surface area (Å²) < 4.78 is 5.37. The molecule has 0 radical (unpaired) electrons. The Morgan fingerprint density at radius 3 is 2.43 bits per heavy atom. The first-order valence-corrected chi connectivity index (χ1v) is 9.92. The number of piperidine rings is 1. The van der Waals surface area contributed by atoms with Crippen LogP contribution in [0.2, 0.25) is 0 Å². The van der Waals surface area contributed by atoms with E-state index in [1.807, 2.05) is 19.1 Å². The molecular weight excluding hydrogens is 354 g/mol. The average molecular weight is 381 g/mol. The second-order valence-electron chi connectivity index (χ2n) is 6.88. The largest absolute Gasteiger partial charge is 0.494 e.